The van der Waals surface area contributed by atoms with Gasteiger partial charge in [0.05, 0.1) is 6.42 Å². The van der Waals surface area contributed by atoms with Gasteiger partial charge >= 0.3 is 5.97 Å². The molecule has 2 rings (SSSR count). The van der Waals surface area contributed by atoms with Crippen LogP contribution in [0.3, 0.4) is 0 Å². The molecule has 1 aromatic carbocycles. The second kappa shape index (κ2) is 5.26. The molecule has 96 valence electrons. The fraction of sp³-hybridized carbons (Fsp3) is 0.385. The van der Waals surface area contributed by atoms with Crippen LogP contribution in [0.15, 0.2) is 24.3 Å². The van der Waals surface area contributed by atoms with Crippen LogP contribution in [0, 0.1) is 3.57 Å². The van der Waals surface area contributed by atoms with Gasteiger partial charge in [0.1, 0.15) is 5.54 Å². The number of benzene rings is 1. The Bertz CT molecular complexity index is 483. The molecule has 0 atom stereocenters. The van der Waals surface area contributed by atoms with Crippen molar-refractivity contribution in [1.82, 2.24) is 5.32 Å². The summed E-state index contributed by atoms with van der Waals surface area (Å²) in [4.78, 5) is 23.0. The summed E-state index contributed by atoms with van der Waals surface area (Å²) in [5, 5.41) is 11.8. The number of aliphatic carboxylic acids is 1. The van der Waals surface area contributed by atoms with Crippen molar-refractivity contribution >= 4 is 34.5 Å². The average Bonchev–Trinajstić information content (AvgIpc) is 2.23. The van der Waals surface area contributed by atoms with Crippen LogP contribution in [0.25, 0.3) is 0 Å². The minimum Gasteiger partial charge on any atom is -0.480 e. The van der Waals surface area contributed by atoms with Crippen molar-refractivity contribution in [3.8, 4) is 0 Å². The maximum Gasteiger partial charge on any atom is 0.329 e. The van der Waals surface area contributed by atoms with E-state index in [1.807, 2.05) is 24.3 Å². The standard InChI is InChI=1S/C13H14INO3/c14-10-4-1-3-9(7-10)8-11(16)15-13(12(17)18)5-2-6-13/h1,3-4,7H,2,5-6,8H2,(H,15,16)(H,17,18). The topological polar surface area (TPSA) is 66.4 Å². The van der Waals surface area contributed by atoms with Crippen molar-refractivity contribution < 1.29 is 14.7 Å². The number of carbonyl (C=O) groups is 2. The molecule has 18 heavy (non-hydrogen) atoms. The molecule has 1 aliphatic rings. The quantitative estimate of drug-likeness (QED) is 0.808. The van der Waals surface area contributed by atoms with Crippen molar-refractivity contribution in [2.75, 3.05) is 0 Å². The van der Waals surface area contributed by atoms with Gasteiger partial charge in [-0.3, -0.25) is 4.79 Å². The molecule has 1 fully saturated rings. The zero-order chi connectivity index (χ0) is 13.2. The third-order valence-corrected chi connectivity index (χ3v) is 3.92. The smallest absolute Gasteiger partial charge is 0.329 e. The second-order valence-corrected chi connectivity index (χ2v) is 5.84. The summed E-state index contributed by atoms with van der Waals surface area (Å²) in [5.41, 5.74) is -0.113. The van der Waals surface area contributed by atoms with Gasteiger partial charge in [-0.15, -0.1) is 0 Å². The Morgan fingerprint density at radius 2 is 2.11 bits per heavy atom. The number of hydrogen-bond donors (Lipinski definition) is 2. The highest BCUT2D eigenvalue weighted by Gasteiger charge is 2.45. The average molecular weight is 359 g/mol. The van der Waals surface area contributed by atoms with Crippen molar-refractivity contribution in [2.24, 2.45) is 0 Å². The van der Waals surface area contributed by atoms with Crippen LogP contribution in [0.5, 0.6) is 0 Å². The number of nitrogens with one attached hydrogen (secondary N) is 1. The van der Waals surface area contributed by atoms with Gasteiger partial charge < -0.3 is 10.4 Å². The Hall–Kier alpha value is -1.11. The van der Waals surface area contributed by atoms with E-state index in [1.165, 1.54) is 0 Å². The van der Waals surface area contributed by atoms with Crippen LogP contribution in [0.1, 0.15) is 24.8 Å². The Morgan fingerprint density at radius 3 is 2.61 bits per heavy atom. The van der Waals surface area contributed by atoms with Crippen LogP contribution >= 0.6 is 22.6 Å². The SMILES string of the molecule is O=C(Cc1cccc(I)c1)NC1(C(=O)O)CCC1. The van der Waals surface area contributed by atoms with Crippen LogP contribution in [0.2, 0.25) is 0 Å². The first-order chi connectivity index (χ1) is 8.52. The monoisotopic (exact) mass is 359 g/mol. The third kappa shape index (κ3) is 2.82. The van der Waals surface area contributed by atoms with E-state index in [4.69, 9.17) is 5.11 Å². The minimum absolute atomic E-state index is 0.223. The molecule has 1 saturated carbocycles. The number of carboxylic acids is 1. The predicted octanol–water partition coefficient (Wildman–Crippen LogP) is 1.96. The summed E-state index contributed by atoms with van der Waals surface area (Å²) >= 11 is 2.18. The summed E-state index contributed by atoms with van der Waals surface area (Å²) in [6.45, 7) is 0. The van der Waals surface area contributed by atoms with E-state index in [0.717, 1.165) is 15.6 Å². The summed E-state index contributed by atoms with van der Waals surface area (Å²) in [6, 6.07) is 7.64. The lowest BCUT2D eigenvalue weighted by atomic mass is 9.76. The molecule has 0 unspecified atom stereocenters. The third-order valence-electron chi connectivity index (χ3n) is 3.25. The van der Waals surface area contributed by atoms with Crippen LogP contribution in [0.4, 0.5) is 0 Å². The maximum absolute atomic E-state index is 11.9. The molecule has 0 heterocycles. The fourth-order valence-electron chi connectivity index (χ4n) is 2.07. The van der Waals surface area contributed by atoms with Gasteiger partial charge in [-0.1, -0.05) is 12.1 Å². The predicted molar refractivity (Wildman–Crippen MR) is 75.2 cm³/mol. The number of halogens is 1. The first-order valence-electron chi connectivity index (χ1n) is 5.81. The lowest BCUT2D eigenvalue weighted by Gasteiger charge is -2.38. The largest absolute Gasteiger partial charge is 0.480 e. The van der Waals surface area contributed by atoms with Crippen LogP contribution in [-0.4, -0.2) is 22.5 Å². The molecule has 0 aromatic heterocycles. The number of carboxylic acid groups (broad SMARTS) is 1. The molecule has 2 N–H and O–H groups in total. The van der Waals surface area contributed by atoms with Gasteiger partial charge in [-0.25, -0.2) is 4.79 Å². The van der Waals surface area contributed by atoms with Gasteiger partial charge in [0, 0.05) is 3.57 Å². The lowest BCUT2D eigenvalue weighted by molar-refractivity contribution is -0.151. The highest BCUT2D eigenvalue weighted by atomic mass is 127. The zero-order valence-corrected chi connectivity index (χ0v) is 11.9. The molecule has 0 radical (unpaired) electrons. The Morgan fingerprint density at radius 1 is 1.39 bits per heavy atom. The molecule has 1 aromatic rings. The molecule has 4 nitrogen and oxygen atoms in total. The number of hydrogen-bond acceptors (Lipinski definition) is 2. The lowest BCUT2D eigenvalue weighted by Crippen LogP contribution is -2.59. The summed E-state index contributed by atoms with van der Waals surface area (Å²) < 4.78 is 1.06. The van der Waals surface area contributed by atoms with Crippen molar-refractivity contribution in [1.29, 1.82) is 0 Å². The van der Waals surface area contributed by atoms with E-state index >= 15 is 0 Å². The molecular formula is C13H14INO3. The van der Waals surface area contributed by atoms with Crippen molar-refractivity contribution in [3.63, 3.8) is 0 Å². The number of rotatable bonds is 4. The number of carbonyl (C=O) groups excluding carboxylic acids is 1. The number of amides is 1. The molecule has 5 heteroatoms. The van der Waals surface area contributed by atoms with E-state index in [2.05, 4.69) is 27.9 Å². The van der Waals surface area contributed by atoms with E-state index in [1.54, 1.807) is 0 Å². The minimum atomic E-state index is -1.01. The fourth-order valence-corrected chi connectivity index (χ4v) is 2.67. The van der Waals surface area contributed by atoms with Gasteiger partial charge in [0.2, 0.25) is 5.91 Å². The molecule has 0 aliphatic heterocycles. The molecule has 1 amide bonds. The van der Waals surface area contributed by atoms with E-state index < -0.39 is 11.5 Å². The van der Waals surface area contributed by atoms with Crippen molar-refractivity contribution in [3.05, 3.63) is 33.4 Å². The van der Waals surface area contributed by atoms with Crippen LogP contribution < -0.4 is 5.32 Å². The highest BCUT2D eigenvalue weighted by molar-refractivity contribution is 14.1. The maximum atomic E-state index is 11.9. The van der Waals surface area contributed by atoms with E-state index in [0.29, 0.717) is 12.8 Å². The first kappa shape index (κ1) is 13.3. The Labute approximate surface area is 119 Å². The Balaban J connectivity index is 1.99. The normalized spacial score (nSPS) is 16.7. The summed E-state index contributed by atoms with van der Waals surface area (Å²) in [5.74, 6) is -1.15. The van der Waals surface area contributed by atoms with E-state index in [9.17, 15) is 9.59 Å². The zero-order valence-electron chi connectivity index (χ0n) is 9.78. The van der Waals surface area contributed by atoms with Crippen molar-refractivity contribution in [2.45, 2.75) is 31.2 Å². The Kier molecular flexibility index (Phi) is 3.89. The molecule has 1 aliphatic carbocycles. The molecule has 0 bridgehead atoms. The van der Waals surface area contributed by atoms with Gasteiger partial charge in [-0.2, -0.15) is 0 Å². The summed E-state index contributed by atoms with van der Waals surface area (Å²) in [7, 11) is 0. The molecule has 0 saturated heterocycles. The molecular weight excluding hydrogens is 345 g/mol. The highest BCUT2D eigenvalue weighted by Crippen LogP contribution is 2.32. The first-order valence-corrected chi connectivity index (χ1v) is 6.89. The van der Waals surface area contributed by atoms with Gasteiger partial charge in [0.25, 0.3) is 0 Å². The van der Waals surface area contributed by atoms with Gasteiger partial charge in [0.15, 0.2) is 0 Å². The summed E-state index contributed by atoms with van der Waals surface area (Å²) in [6.07, 6.45) is 2.14. The second-order valence-electron chi connectivity index (χ2n) is 4.60. The molecule has 0 spiro atoms. The van der Waals surface area contributed by atoms with Gasteiger partial charge in [-0.05, 0) is 59.5 Å². The van der Waals surface area contributed by atoms with E-state index in [-0.39, 0.29) is 12.3 Å². The van der Waals surface area contributed by atoms with Crippen LogP contribution in [-0.2, 0) is 16.0 Å².